The fourth-order valence-electron chi connectivity index (χ4n) is 4.10. The molecule has 1 aliphatic rings. The van der Waals surface area contributed by atoms with E-state index in [1.807, 2.05) is 42.5 Å². The number of halogens is 4. The molecule has 2 N–H and O–H groups in total. The van der Waals surface area contributed by atoms with Gasteiger partial charge in [-0.05, 0) is 30.7 Å². The zero-order chi connectivity index (χ0) is 28.3. The van der Waals surface area contributed by atoms with Crippen molar-refractivity contribution in [1.29, 1.82) is 0 Å². The van der Waals surface area contributed by atoms with Gasteiger partial charge in [0.1, 0.15) is 11.9 Å². The predicted octanol–water partition coefficient (Wildman–Crippen LogP) is 3.85. The minimum absolute atomic E-state index is 0.261. The van der Waals surface area contributed by atoms with Crippen molar-refractivity contribution in [2.24, 2.45) is 4.99 Å². The molecule has 202 valence electrons. The summed E-state index contributed by atoms with van der Waals surface area (Å²) in [5, 5.41) is 4.92. The summed E-state index contributed by atoms with van der Waals surface area (Å²) in [6.07, 6.45) is -6.61. The van der Waals surface area contributed by atoms with Crippen molar-refractivity contribution in [2.75, 3.05) is 11.9 Å². The number of likely N-dealkylation sites (N-methyl/N-ethyl adjacent to an activating group) is 1. The Bertz CT molecular complexity index is 1440. The van der Waals surface area contributed by atoms with Crippen LogP contribution in [-0.4, -0.2) is 42.7 Å². The topological polar surface area (TPSA) is 90.9 Å². The summed E-state index contributed by atoms with van der Waals surface area (Å²) in [7, 11) is 1.56. The number of benzodiazepines with no additional fused rings is 1. The van der Waals surface area contributed by atoms with Gasteiger partial charge >= 0.3 is 6.18 Å². The van der Waals surface area contributed by atoms with E-state index in [1.54, 1.807) is 19.2 Å². The molecule has 7 nitrogen and oxygen atoms in total. The molecule has 1 heterocycles. The van der Waals surface area contributed by atoms with Crippen molar-refractivity contribution >= 4 is 29.1 Å². The van der Waals surface area contributed by atoms with Gasteiger partial charge in [-0.1, -0.05) is 54.6 Å². The number of nitrogens with zero attached hydrogens (tertiary/aromatic N) is 2. The summed E-state index contributed by atoms with van der Waals surface area (Å²) in [6, 6.07) is 17.0. The number of anilines is 1. The van der Waals surface area contributed by atoms with E-state index < -0.39 is 53.9 Å². The number of benzene rings is 3. The quantitative estimate of drug-likeness (QED) is 0.466. The van der Waals surface area contributed by atoms with E-state index in [1.165, 1.54) is 11.8 Å². The third-order valence-corrected chi connectivity index (χ3v) is 6.17. The Labute approximate surface area is 221 Å². The minimum Gasteiger partial charge on any atom is -0.344 e. The lowest BCUT2D eigenvalue weighted by Crippen LogP contribution is -2.52. The molecule has 3 aromatic rings. The molecule has 2 atom stereocenters. The summed E-state index contributed by atoms with van der Waals surface area (Å²) >= 11 is 0. The maximum atomic E-state index is 14.1. The predicted molar refractivity (Wildman–Crippen MR) is 137 cm³/mol. The number of carbonyl (C=O) groups excluding carboxylic acids is 3. The number of aliphatic imine (C=N–C) groups is 1. The molecule has 3 amide bonds. The Morgan fingerprint density at radius 1 is 1.03 bits per heavy atom. The minimum atomic E-state index is -4.72. The summed E-state index contributed by atoms with van der Waals surface area (Å²) in [4.78, 5) is 44.6. The lowest BCUT2D eigenvalue weighted by Gasteiger charge is -2.22. The number of amides is 3. The Balaban J connectivity index is 1.50. The van der Waals surface area contributed by atoms with Crippen LogP contribution in [0.15, 0.2) is 77.8 Å². The Morgan fingerprint density at radius 3 is 2.36 bits per heavy atom. The molecule has 1 aliphatic heterocycles. The molecule has 0 bridgehead atoms. The lowest BCUT2D eigenvalue weighted by molar-refractivity contribution is -0.137. The Morgan fingerprint density at radius 2 is 1.69 bits per heavy atom. The summed E-state index contributed by atoms with van der Waals surface area (Å²) < 4.78 is 52.4. The molecule has 4 rings (SSSR count). The van der Waals surface area contributed by atoms with Crippen molar-refractivity contribution in [2.45, 2.75) is 31.7 Å². The van der Waals surface area contributed by atoms with Crippen molar-refractivity contribution < 1.29 is 31.9 Å². The maximum absolute atomic E-state index is 14.1. The number of carbonyl (C=O) groups is 3. The second-order valence-electron chi connectivity index (χ2n) is 8.94. The van der Waals surface area contributed by atoms with Crippen LogP contribution in [0.1, 0.15) is 29.2 Å². The van der Waals surface area contributed by atoms with Crippen LogP contribution in [0.25, 0.3) is 0 Å². The van der Waals surface area contributed by atoms with Crippen LogP contribution in [0, 0.1) is 5.82 Å². The molecule has 0 saturated heterocycles. The van der Waals surface area contributed by atoms with Gasteiger partial charge in [-0.25, -0.2) is 9.38 Å². The van der Waals surface area contributed by atoms with Crippen LogP contribution in [-0.2, 0) is 27.0 Å². The van der Waals surface area contributed by atoms with Gasteiger partial charge in [0.15, 0.2) is 0 Å². The summed E-state index contributed by atoms with van der Waals surface area (Å²) in [5.74, 6) is -3.22. The number of hydrogen-bond acceptors (Lipinski definition) is 4. The van der Waals surface area contributed by atoms with Crippen molar-refractivity contribution in [1.82, 2.24) is 10.6 Å². The standard InChI is InChI=1S/C28H24F4N4O3/c1-16(33-23(37)14-18-12-13-19(15-21(18)29)28(30,31)32)26(38)35-25-27(39)36(2)22-11-7-6-10-20(22)24(34-25)17-8-4-3-5-9-17/h3-13,15-16,25H,14H2,1-2H3,(H,33,37)(H,35,38)/t16-,25+/m0/s1. The molecule has 0 radical (unpaired) electrons. The fourth-order valence-corrected chi connectivity index (χ4v) is 4.10. The van der Waals surface area contributed by atoms with Crippen molar-refractivity contribution in [3.63, 3.8) is 0 Å². The molecule has 0 aliphatic carbocycles. The molecule has 0 aromatic heterocycles. The average Bonchev–Trinajstić information content (AvgIpc) is 3.00. The lowest BCUT2D eigenvalue weighted by atomic mass is 10.0. The number of fused-ring (bicyclic) bond motifs is 1. The SMILES string of the molecule is C[C@H](NC(=O)Cc1ccc(C(F)(F)F)cc1F)C(=O)N[C@H]1N=C(c2ccccc2)c2ccccc2N(C)C1=O. The highest BCUT2D eigenvalue weighted by Gasteiger charge is 2.33. The molecular formula is C28H24F4N4O3. The van der Waals surface area contributed by atoms with E-state index in [-0.39, 0.29) is 5.56 Å². The Hall–Kier alpha value is -4.54. The molecular weight excluding hydrogens is 516 g/mol. The maximum Gasteiger partial charge on any atom is 0.416 e. The highest BCUT2D eigenvalue weighted by Crippen LogP contribution is 2.30. The average molecular weight is 541 g/mol. The molecule has 39 heavy (non-hydrogen) atoms. The third kappa shape index (κ3) is 6.14. The number of alkyl halides is 3. The number of nitrogens with one attached hydrogen (secondary N) is 2. The van der Waals surface area contributed by atoms with Gasteiger partial charge in [0.05, 0.1) is 23.4 Å². The van der Waals surface area contributed by atoms with Gasteiger partial charge in [0.25, 0.3) is 5.91 Å². The normalized spacial score (nSPS) is 16.1. The van der Waals surface area contributed by atoms with Gasteiger partial charge in [0.2, 0.25) is 18.0 Å². The van der Waals surface area contributed by atoms with Crippen molar-refractivity contribution in [3.05, 3.63) is 101 Å². The van der Waals surface area contributed by atoms with E-state index in [0.29, 0.717) is 29.1 Å². The molecule has 3 aromatic carbocycles. The monoisotopic (exact) mass is 540 g/mol. The smallest absolute Gasteiger partial charge is 0.344 e. The van der Waals surface area contributed by atoms with Gasteiger partial charge in [-0.2, -0.15) is 13.2 Å². The van der Waals surface area contributed by atoms with Gasteiger partial charge < -0.3 is 15.5 Å². The second-order valence-corrected chi connectivity index (χ2v) is 8.94. The molecule has 0 fully saturated rings. The molecule has 0 unspecified atom stereocenters. The van der Waals surface area contributed by atoms with E-state index >= 15 is 0 Å². The van der Waals surface area contributed by atoms with E-state index in [9.17, 15) is 31.9 Å². The van der Waals surface area contributed by atoms with Crippen molar-refractivity contribution in [3.8, 4) is 0 Å². The number of rotatable bonds is 6. The largest absolute Gasteiger partial charge is 0.416 e. The van der Waals surface area contributed by atoms with Gasteiger partial charge in [0, 0.05) is 18.2 Å². The van der Waals surface area contributed by atoms with Crippen LogP contribution in [0.3, 0.4) is 0 Å². The van der Waals surface area contributed by atoms with E-state index in [2.05, 4.69) is 15.6 Å². The first-order chi connectivity index (χ1) is 18.5. The van der Waals surface area contributed by atoms with E-state index in [4.69, 9.17) is 0 Å². The number of hydrogen-bond donors (Lipinski definition) is 2. The Kier molecular flexibility index (Phi) is 7.80. The van der Waals surface area contributed by atoms with Crippen LogP contribution >= 0.6 is 0 Å². The van der Waals surface area contributed by atoms with Crippen LogP contribution < -0.4 is 15.5 Å². The first-order valence-corrected chi connectivity index (χ1v) is 11.9. The third-order valence-electron chi connectivity index (χ3n) is 6.17. The highest BCUT2D eigenvalue weighted by molar-refractivity contribution is 6.20. The zero-order valence-electron chi connectivity index (χ0n) is 20.9. The molecule has 0 saturated carbocycles. The first kappa shape index (κ1) is 27.5. The second kappa shape index (κ2) is 11.1. The summed E-state index contributed by atoms with van der Waals surface area (Å²) in [5.41, 5.74) is 1.07. The van der Waals surface area contributed by atoms with Gasteiger partial charge in [-0.3, -0.25) is 14.4 Å². The first-order valence-electron chi connectivity index (χ1n) is 11.9. The van der Waals surface area contributed by atoms with E-state index in [0.717, 1.165) is 11.6 Å². The number of para-hydroxylation sites is 1. The van der Waals surface area contributed by atoms with Crippen LogP contribution in [0.5, 0.6) is 0 Å². The molecule has 11 heteroatoms. The molecule has 0 spiro atoms. The van der Waals surface area contributed by atoms with Crippen LogP contribution in [0.2, 0.25) is 0 Å². The summed E-state index contributed by atoms with van der Waals surface area (Å²) in [6.45, 7) is 1.36. The highest BCUT2D eigenvalue weighted by atomic mass is 19.4. The van der Waals surface area contributed by atoms with Crippen LogP contribution in [0.4, 0.5) is 23.2 Å². The van der Waals surface area contributed by atoms with Gasteiger partial charge in [-0.15, -0.1) is 0 Å². The zero-order valence-corrected chi connectivity index (χ0v) is 20.9. The fraction of sp³-hybridized carbons (Fsp3) is 0.214.